The maximum atomic E-state index is 12.5. The summed E-state index contributed by atoms with van der Waals surface area (Å²) in [5, 5.41) is 10.5. The Bertz CT molecular complexity index is 290. The number of hydrogen-bond acceptors (Lipinski definition) is 5. The van der Waals surface area contributed by atoms with E-state index < -0.39 is 19.1 Å². The largest absolute Gasteiger partial charge is 0.396 e. The van der Waals surface area contributed by atoms with Crippen molar-refractivity contribution in [2.45, 2.75) is 5.92 Å². The summed E-state index contributed by atoms with van der Waals surface area (Å²) < 4.78 is 25.1. The maximum absolute atomic E-state index is 12.5. The highest BCUT2D eigenvalue weighted by molar-refractivity contribution is 5.35. The van der Waals surface area contributed by atoms with E-state index in [4.69, 9.17) is 10.8 Å². The fraction of sp³-hybridized carbons (Fsp3) is 0.429. The second kappa shape index (κ2) is 4.14. The van der Waals surface area contributed by atoms with E-state index in [1.54, 1.807) is 0 Å². The number of hydrogen-bond donors (Lipinski definition) is 3. The number of aromatic nitrogens is 2. The van der Waals surface area contributed by atoms with Crippen molar-refractivity contribution >= 4 is 11.6 Å². The van der Waals surface area contributed by atoms with Gasteiger partial charge in [-0.3, -0.25) is 0 Å². The molecule has 0 atom stereocenters. The minimum Gasteiger partial charge on any atom is -0.396 e. The quantitative estimate of drug-likeness (QED) is 0.647. The van der Waals surface area contributed by atoms with Crippen molar-refractivity contribution in [1.82, 2.24) is 9.97 Å². The van der Waals surface area contributed by atoms with Gasteiger partial charge in [-0.1, -0.05) is 0 Å². The monoisotopic (exact) mass is 204 g/mol. The van der Waals surface area contributed by atoms with Gasteiger partial charge in [-0.2, -0.15) is 0 Å². The molecule has 0 aliphatic heterocycles. The van der Waals surface area contributed by atoms with E-state index in [1.807, 2.05) is 0 Å². The lowest BCUT2D eigenvalue weighted by atomic mass is 10.3. The van der Waals surface area contributed by atoms with Crippen LogP contribution >= 0.6 is 0 Å². The lowest BCUT2D eigenvalue weighted by Gasteiger charge is -2.13. The number of nitrogens with one attached hydrogen (secondary N) is 1. The Morgan fingerprint density at radius 1 is 1.43 bits per heavy atom. The van der Waals surface area contributed by atoms with Gasteiger partial charge < -0.3 is 16.2 Å². The van der Waals surface area contributed by atoms with Crippen molar-refractivity contribution in [3.05, 3.63) is 12.4 Å². The SMILES string of the molecule is Nc1cnc(NCC(F)(F)CO)nc1. The van der Waals surface area contributed by atoms with E-state index in [2.05, 4.69) is 15.3 Å². The molecule has 14 heavy (non-hydrogen) atoms. The van der Waals surface area contributed by atoms with Gasteiger partial charge >= 0.3 is 0 Å². The lowest BCUT2D eigenvalue weighted by molar-refractivity contribution is -0.0374. The molecule has 0 saturated heterocycles. The molecule has 0 radical (unpaired) electrons. The Balaban J connectivity index is 2.50. The van der Waals surface area contributed by atoms with Gasteiger partial charge in [0, 0.05) is 0 Å². The maximum Gasteiger partial charge on any atom is 0.287 e. The first-order chi connectivity index (χ1) is 6.53. The van der Waals surface area contributed by atoms with Crippen LogP contribution in [-0.2, 0) is 0 Å². The number of nitrogen functional groups attached to an aromatic ring is 1. The zero-order valence-electron chi connectivity index (χ0n) is 7.24. The zero-order chi connectivity index (χ0) is 10.6. The van der Waals surface area contributed by atoms with Crippen LogP contribution in [-0.4, -0.2) is 34.1 Å². The molecular weight excluding hydrogens is 194 g/mol. The Morgan fingerprint density at radius 2 is 2.00 bits per heavy atom. The van der Waals surface area contributed by atoms with Crippen LogP contribution in [0.15, 0.2) is 12.4 Å². The molecular formula is C7H10F2N4O. The summed E-state index contributed by atoms with van der Waals surface area (Å²) >= 11 is 0. The first-order valence-electron chi connectivity index (χ1n) is 3.83. The van der Waals surface area contributed by atoms with Crippen molar-refractivity contribution in [2.75, 3.05) is 24.2 Å². The van der Waals surface area contributed by atoms with E-state index in [-0.39, 0.29) is 5.95 Å². The van der Waals surface area contributed by atoms with Crippen molar-refractivity contribution in [3.8, 4) is 0 Å². The van der Waals surface area contributed by atoms with E-state index in [1.165, 1.54) is 12.4 Å². The summed E-state index contributed by atoms with van der Waals surface area (Å²) in [6.07, 6.45) is 2.60. The number of nitrogens with zero attached hydrogens (tertiary/aromatic N) is 2. The fourth-order valence-electron chi connectivity index (χ4n) is 0.694. The van der Waals surface area contributed by atoms with Gasteiger partial charge in [-0.15, -0.1) is 0 Å². The van der Waals surface area contributed by atoms with Gasteiger partial charge in [-0.25, -0.2) is 18.7 Å². The van der Waals surface area contributed by atoms with Gasteiger partial charge in [0.2, 0.25) is 5.95 Å². The standard InChI is InChI=1S/C7H10F2N4O/c8-7(9,4-14)3-13-6-11-1-5(10)2-12-6/h1-2,14H,3-4,10H2,(H,11,12,13). The highest BCUT2D eigenvalue weighted by Gasteiger charge is 2.27. The summed E-state index contributed by atoms with van der Waals surface area (Å²) in [6.45, 7) is -1.93. The zero-order valence-corrected chi connectivity index (χ0v) is 7.24. The molecule has 0 aliphatic rings. The molecule has 1 aromatic heterocycles. The molecule has 7 heteroatoms. The number of aliphatic hydroxyl groups is 1. The molecule has 0 unspecified atom stereocenters. The first-order valence-corrected chi connectivity index (χ1v) is 3.83. The van der Waals surface area contributed by atoms with Crippen LogP contribution in [0, 0.1) is 0 Å². The second-order valence-electron chi connectivity index (χ2n) is 2.71. The molecule has 1 heterocycles. The van der Waals surface area contributed by atoms with Crippen LogP contribution in [0.25, 0.3) is 0 Å². The van der Waals surface area contributed by atoms with E-state index in [0.717, 1.165) is 0 Å². The van der Waals surface area contributed by atoms with E-state index in [0.29, 0.717) is 5.69 Å². The van der Waals surface area contributed by atoms with Crippen LogP contribution < -0.4 is 11.1 Å². The lowest BCUT2D eigenvalue weighted by Crippen LogP contribution is -2.31. The topological polar surface area (TPSA) is 84.1 Å². The molecule has 0 aliphatic carbocycles. The molecule has 1 aromatic rings. The number of aliphatic hydroxyl groups excluding tert-OH is 1. The van der Waals surface area contributed by atoms with E-state index in [9.17, 15) is 8.78 Å². The third-order valence-corrected chi connectivity index (χ3v) is 1.41. The molecule has 0 bridgehead atoms. The van der Waals surface area contributed by atoms with Crippen molar-refractivity contribution in [1.29, 1.82) is 0 Å². The Hall–Kier alpha value is -1.50. The summed E-state index contributed by atoms with van der Waals surface area (Å²) in [5.41, 5.74) is 5.65. The number of anilines is 2. The fourth-order valence-corrected chi connectivity index (χ4v) is 0.694. The average Bonchev–Trinajstić information content (AvgIpc) is 2.17. The third kappa shape index (κ3) is 3.09. The molecule has 1 rings (SSSR count). The Kier molecular flexibility index (Phi) is 3.13. The summed E-state index contributed by atoms with van der Waals surface area (Å²) in [4.78, 5) is 7.31. The van der Waals surface area contributed by atoms with Crippen molar-refractivity contribution < 1.29 is 13.9 Å². The number of rotatable bonds is 4. The molecule has 5 nitrogen and oxygen atoms in total. The van der Waals surface area contributed by atoms with Crippen molar-refractivity contribution in [2.24, 2.45) is 0 Å². The molecule has 0 amide bonds. The smallest absolute Gasteiger partial charge is 0.287 e. The summed E-state index contributed by atoms with van der Waals surface area (Å²) in [6, 6.07) is 0. The van der Waals surface area contributed by atoms with Crippen LogP contribution in [0.1, 0.15) is 0 Å². The molecule has 0 saturated carbocycles. The molecule has 0 aromatic carbocycles. The predicted molar refractivity (Wildman–Crippen MR) is 47.0 cm³/mol. The first kappa shape index (κ1) is 10.6. The van der Waals surface area contributed by atoms with E-state index >= 15 is 0 Å². The van der Waals surface area contributed by atoms with Gasteiger partial charge in [0.05, 0.1) is 24.6 Å². The molecule has 0 spiro atoms. The third-order valence-electron chi connectivity index (χ3n) is 1.41. The van der Waals surface area contributed by atoms with Crippen LogP contribution in [0.3, 0.4) is 0 Å². The molecule has 4 N–H and O–H groups in total. The predicted octanol–water partition coefficient (Wildman–Crippen LogP) is 0.0983. The summed E-state index contributed by atoms with van der Waals surface area (Å²) in [7, 11) is 0. The highest BCUT2D eigenvalue weighted by Crippen LogP contribution is 2.12. The van der Waals surface area contributed by atoms with Gasteiger partial charge in [0.15, 0.2) is 0 Å². The summed E-state index contributed by atoms with van der Waals surface area (Å²) in [5.74, 6) is -3.13. The van der Waals surface area contributed by atoms with Crippen LogP contribution in [0.5, 0.6) is 0 Å². The minimum absolute atomic E-state index is 0.0484. The van der Waals surface area contributed by atoms with Gasteiger partial charge in [0.25, 0.3) is 5.92 Å². The number of halogens is 2. The highest BCUT2D eigenvalue weighted by atomic mass is 19.3. The number of alkyl halides is 2. The van der Waals surface area contributed by atoms with Gasteiger partial charge in [0.1, 0.15) is 6.61 Å². The average molecular weight is 204 g/mol. The van der Waals surface area contributed by atoms with Crippen LogP contribution in [0.2, 0.25) is 0 Å². The second-order valence-corrected chi connectivity index (χ2v) is 2.71. The Labute approximate surface area is 79.0 Å². The van der Waals surface area contributed by atoms with Gasteiger partial charge in [-0.05, 0) is 0 Å². The molecule has 78 valence electrons. The van der Waals surface area contributed by atoms with Crippen LogP contribution in [0.4, 0.5) is 20.4 Å². The van der Waals surface area contributed by atoms with Crippen molar-refractivity contribution in [3.63, 3.8) is 0 Å². The normalized spacial score (nSPS) is 11.4. The molecule has 0 fully saturated rings. The minimum atomic E-state index is -3.18. The number of nitrogens with two attached hydrogens (primary N) is 1. The Morgan fingerprint density at radius 3 is 2.50 bits per heavy atom.